The number of hydrogen-bond donors (Lipinski definition) is 2. The number of nitrogens with two attached hydrogens (primary N) is 1. The van der Waals surface area contributed by atoms with Crippen LogP contribution in [0, 0.1) is 0 Å². The normalized spacial score (nSPS) is 10.1. The Kier molecular flexibility index (Phi) is 3.67. The highest BCUT2D eigenvalue weighted by Gasteiger charge is 2.05. The summed E-state index contributed by atoms with van der Waals surface area (Å²) in [5.41, 5.74) is 8.59. The summed E-state index contributed by atoms with van der Waals surface area (Å²) in [4.78, 5) is 11.4. The summed E-state index contributed by atoms with van der Waals surface area (Å²) in [5, 5.41) is 3.22. The quantitative estimate of drug-likeness (QED) is 0.666. The molecule has 0 bridgehead atoms. The molecule has 2 aromatic rings. The SMILES string of the molecule is CC(=O)c1cc(Nc2ccc(Br)cc2)ccc1N. The zero-order chi connectivity index (χ0) is 13.1. The number of halogens is 1. The highest BCUT2D eigenvalue weighted by atomic mass is 79.9. The standard InChI is InChI=1S/C14H13BrN2O/c1-9(18)13-8-12(6-7-14(13)16)17-11-4-2-10(15)3-5-11/h2-8,17H,16H2,1H3. The number of carbonyl (C=O) groups excluding carboxylic acids is 1. The summed E-state index contributed by atoms with van der Waals surface area (Å²) >= 11 is 3.38. The fourth-order valence-electron chi connectivity index (χ4n) is 1.64. The third kappa shape index (κ3) is 2.90. The molecule has 0 amide bonds. The molecular weight excluding hydrogens is 292 g/mol. The molecule has 2 rings (SSSR count). The fraction of sp³-hybridized carbons (Fsp3) is 0.0714. The first-order valence-electron chi connectivity index (χ1n) is 5.49. The molecule has 0 radical (unpaired) electrons. The van der Waals surface area contributed by atoms with Crippen LogP contribution in [0.3, 0.4) is 0 Å². The predicted octanol–water partition coefficient (Wildman–Crippen LogP) is 3.98. The minimum absolute atomic E-state index is 0.0352. The smallest absolute Gasteiger partial charge is 0.161 e. The third-order valence-electron chi connectivity index (χ3n) is 2.57. The molecule has 0 atom stereocenters. The van der Waals surface area contributed by atoms with Crippen LogP contribution < -0.4 is 11.1 Å². The Labute approximate surface area is 114 Å². The number of rotatable bonds is 3. The number of Topliss-reactive ketones (excluding diaryl/α,β-unsaturated/α-hetero) is 1. The van der Waals surface area contributed by atoms with Crippen LogP contribution >= 0.6 is 15.9 Å². The van der Waals surface area contributed by atoms with Crippen molar-refractivity contribution in [3.63, 3.8) is 0 Å². The monoisotopic (exact) mass is 304 g/mol. The highest BCUT2D eigenvalue weighted by Crippen LogP contribution is 2.23. The molecule has 0 aliphatic heterocycles. The van der Waals surface area contributed by atoms with Crippen molar-refractivity contribution in [2.75, 3.05) is 11.1 Å². The lowest BCUT2D eigenvalue weighted by Gasteiger charge is -2.09. The Balaban J connectivity index is 2.27. The van der Waals surface area contributed by atoms with E-state index in [9.17, 15) is 4.79 Å². The lowest BCUT2D eigenvalue weighted by atomic mass is 10.1. The van der Waals surface area contributed by atoms with Gasteiger partial charge in [-0.15, -0.1) is 0 Å². The highest BCUT2D eigenvalue weighted by molar-refractivity contribution is 9.10. The molecule has 3 N–H and O–H groups in total. The lowest BCUT2D eigenvalue weighted by molar-refractivity contribution is 0.101. The van der Waals surface area contributed by atoms with Gasteiger partial charge in [-0.3, -0.25) is 4.79 Å². The molecule has 3 nitrogen and oxygen atoms in total. The van der Waals surface area contributed by atoms with Gasteiger partial charge in [-0.1, -0.05) is 15.9 Å². The van der Waals surface area contributed by atoms with Crippen LogP contribution in [0.2, 0.25) is 0 Å². The molecule has 0 saturated carbocycles. The summed E-state index contributed by atoms with van der Waals surface area (Å²) in [7, 11) is 0. The zero-order valence-electron chi connectivity index (χ0n) is 9.91. The molecular formula is C14H13BrN2O. The molecule has 0 aromatic heterocycles. The van der Waals surface area contributed by atoms with E-state index in [4.69, 9.17) is 5.73 Å². The lowest BCUT2D eigenvalue weighted by Crippen LogP contribution is -2.01. The Morgan fingerprint density at radius 2 is 1.72 bits per heavy atom. The number of benzene rings is 2. The van der Waals surface area contributed by atoms with Gasteiger partial charge in [-0.25, -0.2) is 0 Å². The van der Waals surface area contributed by atoms with Crippen molar-refractivity contribution in [3.8, 4) is 0 Å². The van der Waals surface area contributed by atoms with E-state index in [1.54, 1.807) is 12.1 Å². The Hall–Kier alpha value is -1.81. The molecule has 0 aliphatic rings. The van der Waals surface area contributed by atoms with E-state index in [1.807, 2.05) is 30.3 Å². The molecule has 0 heterocycles. The van der Waals surface area contributed by atoms with Crippen molar-refractivity contribution >= 4 is 38.8 Å². The van der Waals surface area contributed by atoms with Gasteiger partial charge in [-0.05, 0) is 49.4 Å². The fourth-order valence-corrected chi connectivity index (χ4v) is 1.90. The molecule has 0 unspecified atom stereocenters. The average molecular weight is 305 g/mol. The van der Waals surface area contributed by atoms with Crippen LogP contribution in [0.1, 0.15) is 17.3 Å². The van der Waals surface area contributed by atoms with Gasteiger partial charge in [0.1, 0.15) is 0 Å². The van der Waals surface area contributed by atoms with Crippen molar-refractivity contribution in [3.05, 3.63) is 52.5 Å². The van der Waals surface area contributed by atoms with Crippen LogP contribution in [-0.4, -0.2) is 5.78 Å². The van der Waals surface area contributed by atoms with Gasteiger partial charge in [-0.2, -0.15) is 0 Å². The van der Waals surface area contributed by atoms with Crippen molar-refractivity contribution in [1.82, 2.24) is 0 Å². The summed E-state index contributed by atoms with van der Waals surface area (Å²) in [6.07, 6.45) is 0. The minimum Gasteiger partial charge on any atom is -0.398 e. The number of carbonyl (C=O) groups is 1. The number of nitrogens with one attached hydrogen (secondary N) is 1. The van der Waals surface area contributed by atoms with Crippen LogP contribution in [0.4, 0.5) is 17.1 Å². The molecule has 4 heteroatoms. The maximum Gasteiger partial charge on any atom is 0.161 e. The average Bonchev–Trinajstić information content (AvgIpc) is 2.34. The topological polar surface area (TPSA) is 55.1 Å². The molecule has 0 fully saturated rings. The van der Waals surface area contributed by atoms with E-state index in [0.717, 1.165) is 15.8 Å². The van der Waals surface area contributed by atoms with Gasteiger partial charge in [0.15, 0.2) is 5.78 Å². The number of ketones is 1. The summed E-state index contributed by atoms with van der Waals surface area (Å²) in [6, 6.07) is 13.2. The maximum absolute atomic E-state index is 11.4. The van der Waals surface area contributed by atoms with E-state index in [0.29, 0.717) is 11.3 Å². The van der Waals surface area contributed by atoms with Crippen molar-refractivity contribution in [2.45, 2.75) is 6.92 Å². The first-order chi connectivity index (χ1) is 8.56. The second-order valence-corrected chi connectivity index (χ2v) is 4.91. The van der Waals surface area contributed by atoms with E-state index in [-0.39, 0.29) is 5.78 Å². The van der Waals surface area contributed by atoms with Crippen LogP contribution in [-0.2, 0) is 0 Å². The molecule has 0 aliphatic carbocycles. The van der Waals surface area contributed by atoms with Gasteiger partial charge >= 0.3 is 0 Å². The molecule has 2 aromatic carbocycles. The van der Waals surface area contributed by atoms with E-state index < -0.39 is 0 Å². The van der Waals surface area contributed by atoms with Gasteiger partial charge in [0, 0.05) is 27.1 Å². The molecule has 0 saturated heterocycles. The molecule has 18 heavy (non-hydrogen) atoms. The maximum atomic E-state index is 11.4. The van der Waals surface area contributed by atoms with Gasteiger partial charge < -0.3 is 11.1 Å². The largest absolute Gasteiger partial charge is 0.398 e. The van der Waals surface area contributed by atoms with Crippen LogP contribution in [0.15, 0.2) is 46.9 Å². The van der Waals surface area contributed by atoms with Gasteiger partial charge in [0.2, 0.25) is 0 Å². The Bertz CT molecular complexity index is 579. The van der Waals surface area contributed by atoms with E-state index in [2.05, 4.69) is 21.2 Å². The Morgan fingerprint density at radius 1 is 1.11 bits per heavy atom. The third-order valence-corrected chi connectivity index (χ3v) is 3.09. The number of anilines is 3. The second kappa shape index (κ2) is 5.23. The first-order valence-corrected chi connectivity index (χ1v) is 6.28. The summed E-state index contributed by atoms with van der Waals surface area (Å²) in [6.45, 7) is 1.51. The van der Waals surface area contributed by atoms with Crippen molar-refractivity contribution < 1.29 is 4.79 Å². The van der Waals surface area contributed by atoms with Crippen LogP contribution in [0.25, 0.3) is 0 Å². The van der Waals surface area contributed by atoms with Crippen molar-refractivity contribution in [1.29, 1.82) is 0 Å². The summed E-state index contributed by atoms with van der Waals surface area (Å²) in [5.74, 6) is -0.0352. The number of hydrogen-bond acceptors (Lipinski definition) is 3. The van der Waals surface area contributed by atoms with Gasteiger partial charge in [0.25, 0.3) is 0 Å². The van der Waals surface area contributed by atoms with Crippen molar-refractivity contribution in [2.24, 2.45) is 0 Å². The molecule has 92 valence electrons. The first kappa shape index (κ1) is 12.6. The Morgan fingerprint density at radius 3 is 2.33 bits per heavy atom. The predicted molar refractivity (Wildman–Crippen MR) is 78.3 cm³/mol. The molecule has 0 spiro atoms. The van der Waals surface area contributed by atoms with Crippen LogP contribution in [0.5, 0.6) is 0 Å². The number of nitrogen functional groups attached to an aromatic ring is 1. The second-order valence-electron chi connectivity index (χ2n) is 3.99. The van der Waals surface area contributed by atoms with Gasteiger partial charge in [0.05, 0.1) is 0 Å². The summed E-state index contributed by atoms with van der Waals surface area (Å²) < 4.78 is 1.02. The van der Waals surface area contributed by atoms with E-state index in [1.165, 1.54) is 6.92 Å². The minimum atomic E-state index is -0.0352. The zero-order valence-corrected chi connectivity index (χ0v) is 11.5. The van der Waals surface area contributed by atoms with E-state index >= 15 is 0 Å².